The molecule has 0 aliphatic carbocycles. The van der Waals surface area contributed by atoms with Crippen LogP contribution in [0, 0.1) is 0 Å². The van der Waals surface area contributed by atoms with Gasteiger partial charge in [0.15, 0.2) is 5.69 Å². The molecule has 7 heteroatoms. The zero-order chi connectivity index (χ0) is 10.3. The van der Waals surface area contributed by atoms with Gasteiger partial charge in [0.25, 0.3) is 5.91 Å². The highest BCUT2D eigenvalue weighted by Crippen LogP contribution is 2.21. The molecule has 14 heavy (non-hydrogen) atoms. The first-order valence-electron chi connectivity index (χ1n) is 4.02. The van der Waals surface area contributed by atoms with Crippen LogP contribution in [0.4, 0.5) is 5.82 Å². The topological polar surface area (TPSA) is 111 Å². The molecule has 0 unspecified atom stereocenters. The van der Waals surface area contributed by atoms with E-state index in [0.717, 1.165) is 0 Å². The van der Waals surface area contributed by atoms with Crippen molar-refractivity contribution in [3.8, 4) is 0 Å². The number of primary amides is 1. The highest BCUT2D eigenvalue weighted by Gasteiger charge is 2.24. The molecule has 1 aromatic rings. The van der Waals surface area contributed by atoms with E-state index in [0.29, 0.717) is 23.9 Å². The van der Waals surface area contributed by atoms with Crippen molar-refractivity contribution in [2.75, 3.05) is 12.0 Å². The Kier molecular flexibility index (Phi) is 1.66. The number of nitrogens with one attached hydrogen (secondary N) is 1. The highest BCUT2D eigenvalue weighted by molar-refractivity contribution is 6.11. The number of aryl methyl sites for hydroxylation is 1. The summed E-state index contributed by atoms with van der Waals surface area (Å²) in [6.45, 7) is 0.385. The summed E-state index contributed by atoms with van der Waals surface area (Å²) >= 11 is 0. The maximum Gasteiger partial charge on any atom is 0.270 e. The number of amides is 1. The minimum absolute atomic E-state index is 0.149. The van der Waals surface area contributed by atoms with Crippen molar-refractivity contribution in [2.24, 2.45) is 23.5 Å². The fourth-order valence-electron chi connectivity index (χ4n) is 1.42. The average Bonchev–Trinajstić information content (AvgIpc) is 2.46. The van der Waals surface area contributed by atoms with Gasteiger partial charge >= 0.3 is 0 Å². The van der Waals surface area contributed by atoms with Gasteiger partial charge in [0.1, 0.15) is 18.3 Å². The minimum Gasteiger partial charge on any atom is -0.383 e. The number of carbonyl (C=O) groups excluding carboxylic acids is 1. The van der Waals surface area contributed by atoms with Crippen molar-refractivity contribution in [2.45, 2.75) is 0 Å². The second kappa shape index (κ2) is 2.72. The monoisotopic (exact) mass is 194 g/mol. The predicted molar refractivity (Wildman–Crippen MR) is 50.9 cm³/mol. The summed E-state index contributed by atoms with van der Waals surface area (Å²) in [5.41, 5.74) is 11.4. The van der Waals surface area contributed by atoms with Crippen LogP contribution in [0.1, 0.15) is 16.1 Å². The summed E-state index contributed by atoms with van der Waals surface area (Å²) in [4.78, 5) is 15.0. The average molecular weight is 194 g/mol. The summed E-state index contributed by atoms with van der Waals surface area (Å²) in [6, 6.07) is 0. The number of rotatable bonds is 1. The summed E-state index contributed by atoms with van der Waals surface area (Å²) in [5.74, 6) is 0.357. The lowest BCUT2D eigenvalue weighted by molar-refractivity contribution is 0.0994. The second-order valence-electron chi connectivity index (χ2n) is 2.94. The van der Waals surface area contributed by atoms with Gasteiger partial charge in [0.2, 0.25) is 0 Å². The van der Waals surface area contributed by atoms with Crippen molar-refractivity contribution in [1.82, 2.24) is 9.78 Å². The molecule has 0 fully saturated rings. The van der Waals surface area contributed by atoms with Crippen LogP contribution >= 0.6 is 0 Å². The zero-order valence-corrected chi connectivity index (χ0v) is 7.61. The first kappa shape index (κ1) is 8.54. The van der Waals surface area contributed by atoms with Gasteiger partial charge in [0.05, 0.1) is 5.56 Å². The minimum atomic E-state index is -0.608. The van der Waals surface area contributed by atoms with Crippen molar-refractivity contribution >= 4 is 17.6 Å². The molecular weight excluding hydrogens is 184 g/mol. The van der Waals surface area contributed by atoms with E-state index in [1.165, 1.54) is 4.68 Å². The van der Waals surface area contributed by atoms with E-state index in [4.69, 9.17) is 11.5 Å². The second-order valence-corrected chi connectivity index (χ2v) is 2.94. The number of carbonyl (C=O) groups is 1. The zero-order valence-electron chi connectivity index (χ0n) is 7.61. The van der Waals surface area contributed by atoms with E-state index in [-0.39, 0.29) is 5.69 Å². The van der Waals surface area contributed by atoms with Crippen molar-refractivity contribution in [3.63, 3.8) is 0 Å². The normalized spacial score (nSPS) is 14.2. The molecule has 1 aromatic heterocycles. The van der Waals surface area contributed by atoms with E-state index in [1.54, 1.807) is 7.05 Å². The number of aliphatic imine (C=N–C) groups is 1. The summed E-state index contributed by atoms with van der Waals surface area (Å²) in [5, 5.41) is 6.92. The molecule has 0 atom stereocenters. The van der Waals surface area contributed by atoms with Crippen LogP contribution in [0.3, 0.4) is 0 Å². The molecule has 1 aliphatic rings. The standard InChI is InChI=1S/C7H10N6O/c1-13-7-3(4(12-13)6(9)14)5(8)10-2-11-7/h11H,2H2,1H3,(H2,8,10)(H2,9,14). The Hall–Kier alpha value is -2.05. The Labute approximate surface area is 79.8 Å². The molecule has 7 nitrogen and oxygen atoms in total. The lowest BCUT2D eigenvalue weighted by Gasteiger charge is -2.12. The number of aromatic nitrogens is 2. The van der Waals surface area contributed by atoms with Gasteiger partial charge in [-0.25, -0.2) is 4.99 Å². The molecule has 1 amide bonds. The van der Waals surface area contributed by atoms with E-state index in [1.807, 2.05) is 0 Å². The Balaban J connectivity index is 2.67. The third-order valence-corrected chi connectivity index (χ3v) is 2.03. The number of nitrogens with two attached hydrogens (primary N) is 2. The first-order chi connectivity index (χ1) is 6.61. The lowest BCUT2D eigenvalue weighted by atomic mass is 10.2. The Morgan fingerprint density at radius 1 is 1.64 bits per heavy atom. The molecule has 1 aliphatic heterocycles. The molecule has 0 saturated carbocycles. The van der Waals surface area contributed by atoms with Crippen LogP contribution in [-0.2, 0) is 7.05 Å². The number of nitrogens with zero attached hydrogens (tertiary/aromatic N) is 3. The molecule has 0 aromatic carbocycles. The van der Waals surface area contributed by atoms with Crippen molar-refractivity contribution in [3.05, 3.63) is 11.3 Å². The maximum atomic E-state index is 11.0. The third-order valence-electron chi connectivity index (χ3n) is 2.03. The van der Waals surface area contributed by atoms with E-state index in [9.17, 15) is 4.79 Å². The molecule has 5 N–H and O–H groups in total. The van der Waals surface area contributed by atoms with Crippen LogP contribution < -0.4 is 16.8 Å². The van der Waals surface area contributed by atoms with Gasteiger partial charge in [-0.2, -0.15) is 5.10 Å². The van der Waals surface area contributed by atoms with Crippen LogP contribution in [0.15, 0.2) is 4.99 Å². The molecule has 0 radical (unpaired) electrons. The van der Waals surface area contributed by atoms with Gasteiger partial charge in [-0.1, -0.05) is 0 Å². The summed E-state index contributed by atoms with van der Waals surface area (Å²) < 4.78 is 1.52. The van der Waals surface area contributed by atoms with Gasteiger partial charge in [-0.05, 0) is 0 Å². The SMILES string of the molecule is Cn1nc(C(N)=O)c2c1NCN=C2N. The molecule has 0 saturated heterocycles. The molecule has 74 valence electrons. The maximum absolute atomic E-state index is 11.0. The lowest BCUT2D eigenvalue weighted by Crippen LogP contribution is -2.25. The van der Waals surface area contributed by atoms with Crippen molar-refractivity contribution < 1.29 is 4.79 Å². The number of anilines is 1. The van der Waals surface area contributed by atoms with Gasteiger partial charge < -0.3 is 16.8 Å². The molecule has 0 spiro atoms. The number of amidine groups is 1. The first-order valence-corrected chi connectivity index (χ1v) is 4.02. The highest BCUT2D eigenvalue weighted by atomic mass is 16.1. The van der Waals surface area contributed by atoms with Crippen LogP contribution in [-0.4, -0.2) is 28.2 Å². The van der Waals surface area contributed by atoms with E-state index >= 15 is 0 Å². The molecule has 2 heterocycles. The van der Waals surface area contributed by atoms with Crippen LogP contribution in [0.2, 0.25) is 0 Å². The van der Waals surface area contributed by atoms with Gasteiger partial charge in [0, 0.05) is 7.05 Å². The third kappa shape index (κ3) is 1.02. The number of hydrogen-bond donors (Lipinski definition) is 3. The number of fused-ring (bicyclic) bond motifs is 1. The Morgan fingerprint density at radius 2 is 2.36 bits per heavy atom. The van der Waals surface area contributed by atoms with E-state index < -0.39 is 5.91 Å². The molecule has 0 bridgehead atoms. The number of hydrogen-bond acceptors (Lipinski definition) is 5. The van der Waals surface area contributed by atoms with Gasteiger partial charge in [-0.15, -0.1) is 0 Å². The Bertz CT molecular complexity index is 432. The predicted octanol–water partition coefficient (Wildman–Crippen LogP) is -1.39. The van der Waals surface area contributed by atoms with Crippen LogP contribution in [0.5, 0.6) is 0 Å². The summed E-state index contributed by atoms with van der Waals surface area (Å²) in [6.07, 6.45) is 0. The quantitative estimate of drug-likeness (QED) is 0.510. The van der Waals surface area contributed by atoms with Crippen LogP contribution in [0.25, 0.3) is 0 Å². The largest absolute Gasteiger partial charge is 0.383 e. The van der Waals surface area contributed by atoms with Crippen molar-refractivity contribution in [1.29, 1.82) is 0 Å². The summed E-state index contributed by atoms with van der Waals surface area (Å²) in [7, 11) is 1.71. The Morgan fingerprint density at radius 3 is 3.00 bits per heavy atom. The fraction of sp³-hybridized carbons (Fsp3) is 0.286. The smallest absolute Gasteiger partial charge is 0.270 e. The molecule has 2 rings (SSSR count). The molecular formula is C7H10N6O. The van der Waals surface area contributed by atoms with E-state index in [2.05, 4.69) is 15.4 Å². The fourth-order valence-corrected chi connectivity index (χ4v) is 1.42. The van der Waals surface area contributed by atoms with Gasteiger partial charge in [-0.3, -0.25) is 9.48 Å².